The molecule has 4 rings (SSSR count). The average Bonchev–Trinajstić information content (AvgIpc) is 3.45. The van der Waals surface area contributed by atoms with Gasteiger partial charge in [-0.2, -0.15) is 5.10 Å². The van der Waals surface area contributed by atoms with Crippen LogP contribution >= 0.6 is 23.6 Å². The van der Waals surface area contributed by atoms with E-state index >= 15 is 0 Å². The summed E-state index contributed by atoms with van der Waals surface area (Å²) < 4.78 is 8.09. The molecule has 2 aromatic carbocycles. The maximum atomic E-state index is 13.1. The number of aromatic amines is 1. The standard InChI is InChI=1S/C23H22N4O2S2/c1-16(27-21(25-26-23(27)30)20-12-7-15-31-20)22(28)24-18-10-5-6-11-19(18)29-14-13-17-8-3-2-4-9-17/h2-12,15-16H,13-14H2,1H3,(H,24,28)(H,26,30). The molecule has 2 N–H and O–H groups in total. The first kappa shape index (κ1) is 21.0. The third-order valence-electron chi connectivity index (χ3n) is 4.85. The highest BCUT2D eigenvalue weighted by molar-refractivity contribution is 7.71. The van der Waals surface area contributed by atoms with Crippen molar-refractivity contribution < 1.29 is 9.53 Å². The molecule has 0 fully saturated rings. The van der Waals surface area contributed by atoms with Crippen molar-refractivity contribution in [3.8, 4) is 16.5 Å². The molecule has 4 aromatic rings. The molecule has 0 radical (unpaired) electrons. The molecule has 0 bridgehead atoms. The van der Waals surface area contributed by atoms with Crippen molar-refractivity contribution in [2.45, 2.75) is 19.4 Å². The second-order valence-electron chi connectivity index (χ2n) is 6.95. The molecule has 0 aliphatic heterocycles. The van der Waals surface area contributed by atoms with E-state index in [2.05, 4.69) is 27.6 Å². The summed E-state index contributed by atoms with van der Waals surface area (Å²) in [4.78, 5) is 14.0. The van der Waals surface area contributed by atoms with Crippen LogP contribution in [0.4, 0.5) is 5.69 Å². The van der Waals surface area contributed by atoms with Gasteiger partial charge in [0.15, 0.2) is 10.6 Å². The molecule has 0 saturated carbocycles. The fourth-order valence-corrected chi connectivity index (χ4v) is 4.22. The van der Waals surface area contributed by atoms with Gasteiger partial charge in [-0.1, -0.05) is 48.5 Å². The van der Waals surface area contributed by atoms with Crippen molar-refractivity contribution in [1.29, 1.82) is 0 Å². The summed E-state index contributed by atoms with van der Waals surface area (Å²) in [6.45, 7) is 2.32. The molecule has 0 aliphatic carbocycles. The number of nitrogens with one attached hydrogen (secondary N) is 2. The van der Waals surface area contributed by atoms with Crippen molar-refractivity contribution in [3.63, 3.8) is 0 Å². The van der Waals surface area contributed by atoms with Gasteiger partial charge in [-0.15, -0.1) is 11.3 Å². The van der Waals surface area contributed by atoms with E-state index < -0.39 is 6.04 Å². The smallest absolute Gasteiger partial charge is 0.247 e. The van der Waals surface area contributed by atoms with Crippen molar-refractivity contribution in [2.75, 3.05) is 11.9 Å². The number of anilines is 1. The van der Waals surface area contributed by atoms with Crippen LogP contribution in [0.2, 0.25) is 0 Å². The third kappa shape index (κ3) is 4.92. The largest absolute Gasteiger partial charge is 0.491 e. The van der Waals surface area contributed by atoms with Gasteiger partial charge in [0.1, 0.15) is 11.8 Å². The van der Waals surface area contributed by atoms with Crippen LogP contribution in [0.5, 0.6) is 5.75 Å². The average molecular weight is 451 g/mol. The number of ether oxygens (including phenoxy) is 1. The number of hydrogen-bond donors (Lipinski definition) is 2. The molecule has 0 saturated heterocycles. The minimum atomic E-state index is -0.555. The van der Waals surface area contributed by atoms with Crippen LogP contribution in [-0.4, -0.2) is 27.3 Å². The van der Waals surface area contributed by atoms with Crippen LogP contribution in [0.15, 0.2) is 72.1 Å². The summed E-state index contributed by atoms with van der Waals surface area (Å²) in [5.41, 5.74) is 1.83. The molecule has 0 spiro atoms. The van der Waals surface area contributed by atoms with Crippen molar-refractivity contribution in [3.05, 3.63) is 82.4 Å². The van der Waals surface area contributed by atoms with Gasteiger partial charge in [0, 0.05) is 6.42 Å². The lowest BCUT2D eigenvalue weighted by Crippen LogP contribution is -2.24. The van der Waals surface area contributed by atoms with Crippen LogP contribution < -0.4 is 10.1 Å². The zero-order valence-corrected chi connectivity index (χ0v) is 18.6. The Bertz CT molecular complexity index is 1200. The van der Waals surface area contributed by atoms with Gasteiger partial charge in [0.25, 0.3) is 0 Å². The monoisotopic (exact) mass is 450 g/mol. The molecule has 2 aromatic heterocycles. The third-order valence-corrected chi connectivity index (χ3v) is 6.00. The second kappa shape index (κ2) is 9.72. The maximum absolute atomic E-state index is 13.1. The molecular formula is C23H22N4O2S2. The van der Waals surface area contributed by atoms with E-state index in [0.29, 0.717) is 28.6 Å². The summed E-state index contributed by atoms with van der Waals surface area (Å²) >= 11 is 6.93. The lowest BCUT2D eigenvalue weighted by molar-refractivity contribution is -0.118. The normalized spacial score (nSPS) is 11.8. The van der Waals surface area contributed by atoms with Crippen molar-refractivity contribution in [2.24, 2.45) is 0 Å². The summed E-state index contributed by atoms with van der Waals surface area (Å²) in [5, 5.41) is 12.0. The van der Waals surface area contributed by atoms with Gasteiger partial charge in [-0.3, -0.25) is 14.5 Å². The highest BCUT2D eigenvalue weighted by Crippen LogP contribution is 2.28. The van der Waals surface area contributed by atoms with E-state index in [-0.39, 0.29) is 5.91 Å². The number of thiophene rings is 1. The lowest BCUT2D eigenvalue weighted by Gasteiger charge is -2.17. The first-order valence-corrected chi connectivity index (χ1v) is 11.2. The number of hydrogen-bond acceptors (Lipinski definition) is 5. The molecule has 1 amide bonds. The van der Waals surface area contributed by atoms with E-state index in [1.165, 1.54) is 5.56 Å². The number of carbonyl (C=O) groups excluding carboxylic acids is 1. The van der Waals surface area contributed by atoms with Crippen LogP contribution in [0.3, 0.4) is 0 Å². The summed E-state index contributed by atoms with van der Waals surface area (Å²) in [6.07, 6.45) is 0.786. The predicted molar refractivity (Wildman–Crippen MR) is 126 cm³/mol. The van der Waals surface area contributed by atoms with Gasteiger partial charge in [-0.25, -0.2) is 0 Å². The first-order chi connectivity index (χ1) is 15.1. The fourth-order valence-electron chi connectivity index (χ4n) is 3.22. The number of carbonyl (C=O) groups is 1. The van der Waals surface area contributed by atoms with Gasteiger partial charge in [0.05, 0.1) is 17.2 Å². The Labute approximate surface area is 189 Å². The molecule has 6 nitrogen and oxygen atoms in total. The Morgan fingerprint density at radius 3 is 2.71 bits per heavy atom. The topological polar surface area (TPSA) is 71.9 Å². The maximum Gasteiger partial charge on any atom is 0.247 e. The number of H-pyrrole nitrogens is 1. The Balaban J connectivity index is 1.47. The highest BCUT2D eigenvalue weighted by atomic mass is 32.1. The fraction of sp³-hybridized carbons (Fsp3) is 0.174. The highest BCUT2D eigenvalue weighted by Gasteiger charge is 2.22. The van der Waals surface area contributed by atoms with E-state index in [1.807, 2.05) is 60.0 Å². The summed E-state index contributed by atoms with van der Waals surface area (Å²) in [7, 11) is 0. The van der Waals surface area contributed by atoms with Crippen molar-refractivity contribution in [1.82, 2.24) is 14.8 Å². The van der Waals surface area contributed by atoms with E-state index in [0.717, 1.165) is 11.3 Å². The number of amides is 1. The lowest BCUT2D eigenvalue weighted by atomic mass is 10.2. The number of rotatable bonds is 8. The minimum Gasteiger partial charge on any atom is -0.491 e. The van der Waals surface area contributed by atoms with E-state index in [1.54, 1.807) is 22.8 Å². The van der Waals surface area contributed by atoms with Crippen LogP contribution in [0, 0.1) is 4.77 Å². The molecule has 0 aliphatic rings. The van der Waals surface area contributed by atoms with Crippen LogP contribution in [0.25, 0.3) is 10.7 Å². The quantitative estimate of drug-likeness (QED) is 0.348. The van der Waals surface area contributed by atoms with Gasteiger partial charge < -0.3 is 10.1 Å². The van der Waals surface area contributed by atoms with E-state index in [9.17, 15) is 4.79 Å². The van der Waals surface area contributed by atoms with Crippen LogP contribution in [-0.2, 0) is 11.2 Å². The number of para-hydroxylation sites is 2. The molecular weight excluding hydrogens is 428 g/mol. The molecule has 31 heavy (non-hydrogen) atoms. The Hall–Kier alpha value is -3.23. The van der Waals surface area contributed by atoms with Crippen molar-refractivity contribution >= 4 is 35.1 Å². The summed E-state index contributed by atoms with van der Waals surface area (Å²) in [6, 6.07) is 20.9. The predicted octanol–water partition coefficient (Wildman–Crippen LogP) is 5.49. The minimum absolute atomic E-state index is 0.200. The van der Waals surface area contributed by atoms with Crippen LogP contribution in [0.1, 0.15) is 18.5 Å². The Kier molecular flexibility index (Phi) is 6.59. The number of benzene rings is 2. The van der Waals surface area contributed by atoms with Gasteiger partial charge >= 0.3 is 0 Å². The molecule has 1 atom stereocenters. The number of nitrogens with zero attached hydrogens (tertiary/aromatic N) is 2. The van der Waals surface area contributed by atoms with Gasteiger partial charge in [-0.05, 0) is 48.3 Å². The first-order valence-electron chi connectivity index (χ1n) is 9.91. The molecule has 158 valence electrons. The molecule has 1 unspecified atom stereocenters. The Morgan fingerprint density at radius 1 is 1.16 bits per heavy atom. The SMILES string of the molecule is CC(C(=O)Nc1ccccc1OCCc1ccccc1)n1c(-c2cccs2)n[nH]c1=S. The number of aromatic nitrogens is 3. The Morgan fingerprint density at radius 2 is 1.94 bits per heavy atom. The molecule has 8 heteroatoms. The van der Waals surface area contributed by atoms with E-state index in [4.69, 9.17) is 17.0 Å². The zero-order chi connectivity index (χ0) is 21.6. The second-order valence-corrected chi connectivity index (χ2v) is 8.28. The summed E-state index contributed by atoms with van der Waals surface area (Å²) in [5.74, 6) is 1.08. The zero-order valence-electron chi connectivity index (χ0n) is 16.9. The van der Waals surface area contributed by atoms with Gasteiger partial charge in [0.2, 0.25) is 5.91 Å². The molecule has 2 heterocycles.